The number of nitrogens with zero attached hydrogens (tertiary/aromatic N) is 3. The molecule has 0 atom stereocenters. The molecule has 72 valence electrons. The zero-order valence-corrected chi connectivity index (χ0v) is 8.44. The number of rotatable bonds is 2. The molecule has 1 aromatic carbocycles. The Labute approximate surface area is 83.4 Å². The first kappa shape index (κ1) is 8.94. The van der Waals surface area contributed by atoms with Gasteiger partial charge in [0.05, 0.1) is 17.1 Å². The average Bonchev–Trinajstić information content (AvgIpc) is 2.61. The van der Waals surface area contributed by atoms with Gasteiger partial charge >= 0.3 is 0 Å². The number of benzene rings is 1. The maximum absolute atomic E-state index is 4.40. The molecule has 0 aliphatic heterocycles. The topological polar surface area (TPSA) is 30.7 Å². The van der Waals surface area contributed by atoms with E-state index >= 15 is 0 Å². The molecule has 0 unspecified atom stereocenters. The minimum Gasteiger partial charge on any atom is -0.153 e. The van der Waals surface area contributed by atoms with Gasteiger partial charge in [0, 0.05) is 0 Å². The highest BCUT2D eigenvalue weighted by Gasteiger charge is 2.05. The molecule has 1 heterocycles. The van der Waals surface area contributed by atoms with E-state index in [-0.39, 0.29) is 0 Å². The molecular weight excluding hydrogens is 174 g/mol. The third-order valence-electron chi connectivity index (χ3n) is 2.20. The Hall–Kier alpha value is -1.64. The van der Waals surface area contributed by atoms with E-state index < -0.39 is 0 Å². The molecule has 0 N–H and O–H groups in total. The van der Waals surface area contributed by atoms with Crippen LogP contribution in [-0.2, 0) is 6.42 Å². The van der Waals surface area contributed by atoms with Crippen molar-refractivity contribution in [2.24, 2.45) is 0 Å². The molecule has 0 saturated heterocycles. The Morgan fingerprint density at radius 2 is 1.86 bits per heavy atom. The summed E-state index contributed by atoms with van der Waals surface area (Å²) in [5.41, 5.74) is 3.08. The quantitative estimate of drug-likeness (QED) is 0.721. The van der Waals surface area contributed by atoms with Crippen LogP contribution >= 0.6 is 0 Å². The van der Waals surface area contributed by atoms with Crippen molar-refractivity contribution in [3.05, 3.63) is 41.7 Å². The lowest BCUT2D eigenvalue weighted by Gasteiger charge is -1.96. The molecule has 0 aliphatic carbocycles. The van der Waals surface area contributed by atoms with E-state index in [0.717, 1.165) is 23.5 Å². The van der Waals surface area contributed by atoms with Crippen LogP contribution in [0.5, 0.6) is 0 Å². The highest BCUT2D eigenvalue weighted by Crippen LogP contribution is 2.07. The lowest BCUT2D eigenvalue weighted by molar-refractivity contribution is 0.736. The zero-order chi connectivity index (χ0) is 9.97. The second-order valence-electron chi connectivity index (χ2n) is 3.21. The Morgan fingerprint density at radius 3 is 2.43 bits per heavy atom. The summed E-state index contributed by atoms with van der Waals surface area (Å²) >= 11 is 0. The summed E-state index contributed by atoms with van der Waals surface area (Å²) in [6.45, 7) is 4.08. The molecule has 1 aromatic heterocycles. The van der Waals surface area contributed by atoms with Gasteiger partial charge in [0.2, 0.25) is 0 Å². The first-order chi connectivity index (χ1) is 6.81. The van der Waals surface area contributed by atoms with Gasteiger partial charge in [-0.3, -0.25) is 0 Å². The van der Waals surface area contributed by atoms with Crippen LogP contribution in [0.4, 0.5) is 0 Å². The number of aromatic nitrogens is 3. The lowest BCUT2D eigenvalue weighted by Crippen LogP contribution is -1.98. The van der Waals surface area contributed by atoms with Crippen LogP contribution in [0.15, 0.2) is 30.3 Å². The fourth-order valence-corrected chi connectivity index (χ4v) is 1.41. The molecule has 3 nitrogen and oxygen atoms in total. The van der Waals surface area contributed by atoms with Crippen LogP contribution in [0.25, 0.3) is 5.69 Å². The Morgan fingerprint density at radius 1 is 1.14 bits per heavy atom. The van der Waals surface area contributed by atoms with Gasteiger partial charge in [0.25, 0.3) is 0 Å². The van der Waals surface area contributed by atoms with E-state index in [4.69, 9.17) is 0 Å². The van der Waals surface area contributed by atoms with Crippen LogP contribution in [0.2, 0.25) is 0 Å². The van der Waals surface area contributed by atoms with Crippen molar-refractivity contribution in [2.45, 2.75) is 20.3 Å². The smallest absolute Gasteiger partial charge is 0.0858 e. The summed E-state index contributed by atoms with van der Waals surface area (Å²) < 4.78 is 0. The van der Waals surface area contributed by atoms with Crippen LogP contribution in [0.3, 0.4) is 0 Å². The highest BCUT2D eigenvalue weighted by atomic mass is 15.5. The molecule has 0 fully saturated rings. The molecule has 0 saturated carbocycles. The van der Waals surface area contributed by atoms with Crippen molar-refractivity contribution in [1.82, 2.24) is 15.0 Å². The Kier molecular flexibility index (Phi) is 2.31. The van der Waals surface area contributed by atoms with Gasteiger partial charge in [-0.2, -0.15) is 15.0 Å². The second-order valence-corrected chi connectivity index (χ2v) is 3.21. The van der Waals surface area contributed by atoms with E-state index in [1.165, 1.54) is 0 Å². The van der Waals surface area contributed by atoms with Crippen LogP contribution < -0.4 is 0 Å². The predicted octanol–water partition coefficient (Wildman–Crippen LogP) is 2.14. The van der Waals surface area contributed by atoms with Crippen molar-refractivity contribution in [2.75, 3.05) is 0 Å². The minimum atomic E-state index is 0.929. The third kappa shape index (κ3) is 1.53. The second kappa shape index (κ2) is 3.62. The first-order valence-corrected chi connectivity index (χ1v) is 4.79. The first-order valence-electron chi connectivity index (χ1n) is 4.79. The third-order valence-corrected chi connectivity index (χ3v) is 2.20. The Bertz CT molecular complexity index is 417. The van der Waals surface area contributed by atoms with Crippen molar-refractivity contribution in [3.63, 3.8) is 0 Å². The summed E-state index contributed by atoms with van der Waals surface area (Å²) in [5.74, 6) is 0. The van der Waals surface area contributed by atoms with Crippen LogP contribution in [-0.4, -0.2) is 15.0 Å². The molecular formula is C11H13N3. The van der Waals surface area contributed by atoms with Gasteiger partial charge in [-0.25, -0.2) is 0 Å². The van der Waals surface area contributed by atoms with Gasteiger partial charge < -0.3 is 0 Å². The monoisotopic (exact) mass is 187 g/mol. The lowest BCUT2D eigenvalue weighted by atomic mass is 10.3. The normalized spacial score (nSPS) is 10.4. The van der Waals surface area contributed by atoms with Crippen molar-refractivity contribution in [1.29, 1.82) is 0 Å². The van der Waals surface area contributed by atoms with Crippen LogP contribution in [0, 0.1) is 6.92 Å². The SMILES string of the molecule is CCc1nn(-c2ccccc2)nc1C. The Balaban J connectivity index is 2.43. The maximum atomic E-state index is 4.40. The van der Waals surface area contributed by atoms with E-state index in [1.54, 1.807) is 4.80 Å². The van der Waals surface area contributed by atoms with E-state index in [0.29, 0.717) is 0 Å². The maximum Gasteiger partial charge on any atom is 0.0858 e. The number of hydrogen-bond acceptors (Lipinski definition) is 2. The van der Waals surface area contributed by atoms with Gasteiger partial charge in [-0.15, -0.1) is 0 Å². The molecule has 0 amide bonds. The molecule has 0 spiro atoms. The van der Waals surface area contributed by atoms with Crippen molar-refractivity contribution in [3.8, 4) is 5.69 Å². The predicted molar refractivity (Wildman–Crippen MR) is 55.5 cm³/mol. The molecule has 3 heteroatoms. The fourth-order valence-electron chi connectivity index (χ4n) is 1.41. The van der Waals surface area contributed by atoms with Crippen molar-refractivity contribution < 1.29 is 0 Å². The number of para-hydroxylation sites is 1. The summed E-state index contributed by atoms with van der Waals surface area (Å²) in [4.78, 5) is 1.69. The van der Waals surface area contributed by atoms with E-state index in [1.807, 2.05) is 37.3 Å². The minimum absolute atomic E-state index is 0.929. The zero-order valence-electron chi connectivity index (χ0n) is 8.44. The standard InChI is InChI=1S/C11H13N3/c1-3-11-9(2)12-14(13-11)10-7-5-4-6-8-10/h4-8H,3H2,1-2H3. The molecule has 2 aromatic rings. The fraction of sp³-hybridized carbons (Fsp3) is 0.273. The number of aryl methyl sites for hydroxylation is 2. The highest BCUT2D eigenvalue weighted by molar-refractivity contribution is 5.29. The molecule has 14 heavy (non-hydrogen) atoms. The van der Waals surface area contributed by atoms with Gasteiger partial charge in [0.15, 0.2) is 0 Å². The molecule has 0 aliphatic rings. The average molecular weight is 187 g/mol. The summed E-state index contributed by atoms with van der Waals surface area (Å²) in [5, 5.41) is 8.76. The van der Waals surface area contributed by atoms with Crippen LogP contribution in [0.1, 0.15) is 18.3 Å². The van der Waals surface area contributed by atoms with Crippen molar-refractivity contribution >= 4 is 0 Å². The molecule has 2 rings (SSSR count). The molecule has 0 radical (unpaired) electrons. The van der Waals surface area contributed by atoms with E-state index in [9.17, 15) is 0 Å². The van der Waals surface area contributed by atoms with Gasteiger partial charge in [-0.1, -0.05) is 25.1 Å². The summed E-state index contributed by atoms with van der Waals surface area (Å²) in [6, 6.07) is 9.96. The van der Waals surface area contributed by atoms with E-state index in [2.05, 4.69) is 17.1 Å². The van der Waals surface area contributed by atoms with Gasteiger partial charge in [-0.05, 0) is 25.5 Å². The molecule has 0 bridgehead atoms. The summed E-state index contributed by atoms with van der Waals surface area (Å²) in [6.07, 6.45) is 0.929. The number of hydrogen-bond donors (Lipinski definition) is 0. The largest absolute Gasteiger partial charge is 0.153 e. The van der Waals surface area contributed by atoms with Gasteiger partial charge in [0.1, 0.15) is 0 Å². The summed E-state index contributed by atoms with van der Waals surface area (Å²) in [7, 11) is 0.